The Morgan fingerprint density at radius 1 is 1.21 bits per heavy atom. The first-order valence-corrected chi connectivity index (χ1v) is 4.92. The van der Waals surface area contributed by atoms with E-state index < -0.39 is 0 Å². The molecule has 80 valence electrons. The minimum absolute atomic E-state index is 0.625. The number of hydroxylamine groups is 1. The topological polar surface area (TPSA) is 44.3 Å². The summed E-state index contributed by atoms with van der Waals surface area (Å²) in [4.78, 5) is 0. The van der Waals surface area contributed by atoms with Crippen molar-refractivity contribution in [3.63, 3.8) is 0 Å². The van der Waals surface area contributed by atoms with E-state index in [2.05, 4.69) is 43.4 Å². The number of benzene rings is 1. The Kier molecular flexibility index (Phi) is 7.89. The zero-order valence-corrected chi connectivity index (χ0v) is 9.17. The van der Waals surface area contributed by atoms with Crippen molar-refractivity contribution in [2.75, 3.05) is 18.4 Å². The van der Waals surface area contributed by atoms with Gasteiger partial charge in [-0.15, -0.1) is 0 Å². The summed E-state index contributed by atoms with van der Waals surface area (Å²) in [6.45, 7) is 7.63. The predicted octanol–water partition coefficient (Wildman–Crippen LogP) is 2.41. The number of rotatable bonds is 3. The fourth-order valence-corrected chi connectivity index (χ4v) is 0.959. The van der Waals surface area contributed by atoms with Crippen molar-refractivity contribution in [3.8, 4) is 0 Å². The lowest BCUT2D eigenvalue weighted by Gasteiger charge is -2.02. The summed E-state index contributed by atoms with van der Waals surface area (Å²) in [7, 11) is 0. The first-order valence-electron chi connectivity index (χ1n) is 4.92. The van der Waals surface area contributed by atoms with Crippen LogP contribution in [0.4, 0.5) is 5.69 Å². The van der Waals surface area contributed by atoms with Crippen molar-refractivity contribution in [3.05, 3.63) is 29.8 Å². The van der Waals surface area contributed by atoms with Crippen LogP contribution >= 0.6 is 0 Å². The summed E-state index contributed by atoms with van der Waals surface area (Å²) in [6.07, 6.45) is 0. The van der Waals surface area contributed by atoms with E-state index in [1.807, 2.05) is 12.4 Å². The molecule has 1 aromatic rings. The molecule has 0 saturated carbocycles. The molecule has 3 N–H and O–H groups in total. The highest BCUT2D eigenvalue weighted by atomic mass is 16.5. The second-order valence-corrected chi connectivity index (χ2v) is 2.91. The van der Waals surface area contributed by atoms with Crippen molar-refractivity contribution >= 4 is 5.69 Å². The molecule has 0 aliphatic heterocycles. The molecule has 0 unspecified atom stereocenters. The fraction of sp³-hybridized carbons (Fsp3) is 0.455. The van der Waals surface area contributed by atoms with Crippen LogP contribution < -0.4 is 10.8 Å². The van der Waals surface area contributed by atoms with Crippen LogP contribution in [0.2, 0.25) is 0 Å². The molecule has 0 spiro atoms. The second kappa shape index (κ2) is 8.53. The Morgan fingerprint density at radius 2 is 1.86 bits per heavy atom. The maximum absolute atomic E-state index is 7.62. The summed E-state index contributed by atoms with van der Waals surface area (Å²) in [6, 6.07) is 8.38. The molecule has 0 atom stereocenters. The minimum Gasteiger partial charge on any atom is -0.385 e. The van der Waals surface area contributed by atoms with E-state index in [-0.39, 0.29) is 0 Å². The smallest absolute Gasteiger partial charge is 0.0342 e. The summed E-state index contributed by atoms with van der Waals surface area (Å²) < 4.78 is 0. The van der Waals surface area contributed by atoms with Crippen LogP contribution in [0.5, 0.6) is 0 Å². The van der Waals surface area contributed by atoms with E-state index >= 15 is 0 Å². The Bertz CT molecular complexity index is 236. The number of anilines is 1. The van der Waals surface area contributed by atoms with Crippen molar-refractivity contribution < 1.29 is 5.21 Å². The van der Waals surface area contributed by atoms with Crippen LogP contribution in [0, 0.1) is 6.92 Å². The number of hydrogen-bond acceptors (Lipinski definition) is 3. The van der Waals surface area contributed by atoms with Gasteiger partial charge in [-0.2, -0.15) is 0 Å². The highest BCUT2D eigenvalue weighted by Crippen LogP contribution is 2.08. The largest absolute Gasteiger partial charge is 0.385 e. The molecule has 0 aromatic heterocycles. The van der Waals surface area contributed by atoms with Crippen LogP contribution in [0.15, 0.2) is 24.3 Å². The fourth-order valence-electron chi connectivity index (χ4n) is 0.959. The van der Waals surface area contributed by atoms with Crippen molar-refractivity contribution in [1.82, 2.24) is 5.48 Å². The summed E-state index contributed by atoms with van der Waals surface area (Å²) in [5, 5.41) is 10.9. The van der Waals surface area contributed by atoms with Gasteiger partial charge in [-0.25, -0.2) is 5.48 Å². The SMILES string of the molecule is CCNO.CCNc1cccc(C)c1. The van der Waals surface area contributed by atoms with Gasteiger partial charge in [0.1, 0.15) is 0 Å². The van der Waals surface area contributed by atoms with Gasteiger partial charge in [0.25, 0.3) is 0 Å². The quantitative estimate of drug-likeness (QED) is 0.650. The Balaban J connectivity index is 0.000000364. The first-order chi connectivity index (χ1) is 6.74. The maximum atomic E-state index is 7.62. The van der Waals surface area contributed by atoms with Gasteiger partial charge in [0.05, 0.1) is 0 Å². The molecule has 0 amide bonds. The number of aryl methyl sites for hydroxylation is 1. The molecule has 0 aliphatic carbocycles. The van der Waals surface area contributed by atoms with E-state index in [0.29, 0.717) is 6.54 Å². The average Bonchev–Trinajstić information content (AvgIpc) is 2.19. The zero-order chi connectivity index (χ0) is 10.8. The van der Waals surface area contributed by atoms with Gasteiger partial charge in [-0.3, -0.25) is 0 Å². The van der Waals surface area contributed by atoms with Crippen LogP contribution in [-0.4, -0.2) is 18.3 Å². The Hall–Kier alpha value is -1.06. The molecule has 1 aromatic carbocycles. The lowest BCUT2D eigenvalue weighted by molar-refractivity contribution is 0.173. The molecule has 0 radical (unpaired) electrons. The normalized spacial score (nSPS) is 8.86. The summed E-state index contributed by atoms with van der Waals surface area (Å²) in [5.74, 6) is 0. The van der Waals surface area contributed by atoms with Gasteiger partial charge in [0.15, 0.2) is 0 Å². The van der Waals surface area contributed by atoms with E-state index in [4.69, 9.17) is 5.21 Å². The van der Waals surface area contributed by atoms with E-state index in [0.717, 1.165) is 6.54 Å². The van der Waals surface area contributed by atoms with Crippen LogP contribution in [0.3, 0.4) is 0 Å². The second-order valence-electron chi connectivity index (χ2n) is 2.91. The van der Waals surface area contributed by atoms with Crippen LogP contribution in [0.1, 0.15) is 19.4 Å². The predicted molar refractivity (Wildman–Crippen MR) is 60.8 cm³/mol. The van der Waals surface area contributed by atoms with E-state index in [9.17, 15) is 0 Å². The molecule has 3 nitrogen and oxygen atoms in total. The number of nitrogens with one attached hydrogen (secondary N) is 2. The van der Waals surface area contributed by atoms with E-state index in [1.54, 1.807) is 0 Å². The van der Waals surface area contributed by atoms with Gasteiger partial charge in [-0.1, -0.05) is 19.1 Å². The Morgan fingerprint density at radius 3 is 2.29 bits per heavy atom. The van der Waals surface area contributed by atoms with Gasteiger partial charge in [0.2, 0.25) is 0 Å². The monoisotopic (exact) mass is 196 g/mol. The molecule has 0 aliphatic rings. The van der Waals surface area contributed by atoms with Gasteiger partial charge < -0.3 is 10.5 Å². The van der Waals surface area contributed by atoms with Gasteiger partial charge in [0, 0.05) is 18.8 Å². The van der Waals surface area contributed by atoms with E-state index in [1.165, 1.54) is 11.3 Å². The molecule has 3 heteroatoms. The molecule has 1 rings (SSSR count). The highest BCUT2D eigenvalue weighted by molar-refractivity contribution is 5.45. The third-order valence-electron chi connectivity index (χ3n) is 1.56. The summed E-state index contributed by atoms with van der Waals surface area (Å²) >= 11 is 0. The molecule has 0 fully saturated rings. The van der Waals surface area contributed by atoms with Crippen molar-refractivity contribution in [2.24, 2.45) is 0 Å². The highest BCUT2D eigenvalue weighted by Gasteiger charge is 1.87. The molecule has 0 heterocycles. The molecular weight excluding hydrogens is 176 g/mol. The number of hydrogen-bond donors (Lipinski definition) is 3. The molecular formula is C11H20N2O. The van der Waals surface area contributed by atoms with Crippen molar-refractivity contribution in [2.45, 2.75) is 20.8 Å². The van der Waals surface area contributed by atoms with Crippen LogP contribution in [0.25, 0.3) is 0 Å². The minimum atomic E-state index is 0.625. The van der Waals surface area contributed by atoms with Crippen LogP contribution in [-0.2, 0) is 0 Å². The summed E-state index contributed by atoms with van der Waals surface area (Å²) in [5.41, 5.74) is 4.45. The third-order valence-corrected chi connectivity index (χ3v) is 1.56. The lowest BCUT2D eigenvalue weighted by Crippen LogP contribution is -2.02. The molecule has 0 bridgehead atoms. The Labute approximate surface area is 86.1 Å². The third kappa shape index (κ3) is 6.46. The standard InChI is InChI=1S/C9H13N.C2H7NO/c1-3-10-9-6-4-5-8(2)7-9;1-2-3-4/h4-7,10H,3H2,1-2H3;3-4H,2H2,1H3. The van der Waals surface area contributed by atoms with Crippen molar-refractivity contribution in [1.29, 1.82) is 0 Å². The van der Waals surface area contributed by atoms with Gasteiger partial charge >= 0.3 is 0 Å². The first kappa shape index (κ1) is 12.9. The molecule has 14 heavy (non-hydrogen) atoms. The van der Waals surface area contributed by atoms with Gasteiger partial charge in [-0.05, 0) is 31.5 Å². The lowest BCUT2D eigenvalue weighted by atomic mass is 10.2. The average molecular weight is 196 g/mol. The zero-order valence-electron chi connectivity index (χ0n) is 9.17. The molecule has 0 saturated heterocycles. The maximum Gasteiger partial charge on any atom is 0.0342 e.